The average molecular weight is 353 g/mol. The summed E-state index contributed by atoms with van der Waals surface area (Å²) in [6.07, 6.45) is 0. The lowest BCUT2D eigenvalue weighted by atomic mass is 10.2. The highest BCUT2D eigenvalue weighted by Crippen LogP contribution is 2.29. The van der Waals surface area contributed by atoms with Crippen molar-refractivity contribution in [1.82, 2.24) is 0 Å². The SMILES string of the molecule is COc1ccc(CSc2ccc(C(=O)O)cc2)cc1Br. The van der Waals surface area contributed by atoms with Crippen LogP contribution in [0.4, 0.5) is 0 Å². The maximum Gasteiger partial charge on any atom is 0.335 e. The molecule has 0 bridgehead atoms. The predicted octanol–water partition coefficient (Wildman–Crippen LogP) is 4.45. The van der Waals surface area contributed by atoms with Crippen LogP contribution in [0.15, 0.2) is 51.8 Å². The van der Waals surface area contributed by atoms with E-state index in [1.807, 2.05) is 30.3 Å². The van der Waals surface area contributed by atoms with E-state index in [0.717, 1.165) is 20.9 Å². The van der Waals surface area contributed by atoms with Crippen LogP contribution in [-0.4, -0.2) is 18.2 Å². The second kappa shape index (κ2) is 6.81. The van der Waals surface area contributed by atoms with E-state index in [2.05, 4.69) is 15.9 Å². The Labute approximate surface area is 130 Å². The van der Waals surface area contributed by atoms with Crippen molar-refractivity contribution in [2.75, 3.05) is 7.11 Å². The highest BCUT2D eigenvalue weighted by molar-refractivity contribution is 9.10. The van der Waals surface area contributed by atoms with E-state index in [1.54, 1.807) is 31.0 Å². The van der Waals surface area contributed by atoms with Gasteiger partial charge in [-0.2, -0.15) is 0 Å². The van der Waals surface area contributed by atoms with Crippen LogP contribution in [0.5, 0.6) is 5.75 Å². The van der Waals surface area contributed by atoms with Gasteiger partial charge in [-0.25, -0.2) is 4.79 Å². The Bertz CT molecular complexity index is 611. The number of thioether (sulfide) groups is 1. The minimum atomic E-state index is -0.902. The second-order valence-electron chi connectivity index (χ2n) is 4.09. The van der Waals surface area contributed by atoms with Crippen molar-refractivity contribution in [3.63, 3.8) is 0 Å². The van der Waals surface area contributed by atoms with Gasteiger partial charge < -0.3 is 9.84 Å². The highest BCUT2D eigenvalue weighted by atomic mass is 79.9. The summed E-state index contributed by atoms with van der Waals surface area (Å²) in [6, 6.07) is 12.9. The predicted molar refractivity (Wildman–Crippen MR) is 83.7 cm³/mol. The molecule has 3 nitrogen and oxygen atoms in total. The van der Waals surface area contributed by atoms with Gasteiger partial charge in [0.1, 0.15) is 5.75 Å². The van der Waals surface area contributed by atoms with Gasteiger partial charge >= 0.3 is 5.97 Å². The van der Waals surface area contributed by atoms with Gasteiger partial charge in [0.05, 0.1) is 17.1 Å². The minimum Gasteiger partial charge on any atom is -0.496 e. The van der Waals surface area contributed by atoms with Crippen LogP contribution in [0, 0.1) is 0 Å². The Kier molecular flexibility index (Phi) is 5.09. The van der Waals surface area contributed by atoms with Crippen molar-refractivity contribution in [3.8, 4) is 5.75 Å². The van der Waals surface area contributed by atoms with Crippen molar-refractivity contribution >= 4 is 33.7 Å². The van der Waals surface area contributed by atoms with Crippen LogP contribution < -0.4 is 4.74 Å². The Morgan fingerprint density at radius 3 is 2.50 bits per heavy atom. The maximum absolute atomic E-state index is 10.8. The van der Waals surface area contributed by atoms with E-state index in [-0.39, 0.29) is 0 Å². The molecule has 0 atom stereocenters. The zero-order valence-electron chi connectivity index (χ0n) is 10.8. The van der Waals surface area contributed by atoms with Crippen LogP contribution in [-0.2, 0) is 5.75 Å². The molecule has 1 N–H and O–H groups in total. The summed E-state index contributed by atoms with van der Waals surface area (Å²) in [7, 11) is 1.64. The van der Waals surface area contributed by atoms with Gasteiger partial charge in [0.25, 0.3) is 0 Å². The molecule has 0 spiro atoms. The highest BCUT2D eigenvalue weighted by Gasteiger charge is 2.04. The maximum atomic E-state index is 10.8. The molecule has 20 heavy (non-hydrogen) atoms. The van der Waals surface area contributed by atoms with Gasteiger partial charge in [-0.1, -0.05) is 6.07 Å². The average Bonchev–Trinajstić information content (AvgIpc) is 2.45. The standard InChI is InChI=1S/C15H13BrO3S/c1-19-14-7-2-10(8-13(14)16)9-20-12-5-3-11(4-6-12)15(17)18/h2-8H,9H2,1H3,(H,17,18). The van der Waals surface area contributed by atoms with Crippen molar-refractivity contribution in [2.24, 2.45) is 0 Å². The summed E-state index contributed by atoms with van der Waals surface area (Å²) in [6.45, 7) is 0. The number of benzene rings is 2. The van der Waals surface area contributed by atoms with Crippen LogP contribution in [0.2, 0.25) is 0 Å². The molecule has 0 aliphatic heterocycles. The number of methoxy groups -OCH3 is 1. The first-order valence-corrected chi connectivity index (χ1v) is 7.66. The van der Waals surface area contributed by atoms with Gasteiger partial charge in [0.15, 0.2) is 0 Å². The molecule has 104 valence electrons. The first kappa shape index (κ1) is 14.9. The molecule has 0 unspecified atom stereocenters. The lowest BCUT2D eigenvalue weighted by Crippen LogP contribution is -1.94. The van der Waals surface area contributed by atoms with Crippen LogP contribution in [0.25, 0.3) is 0 Å². The summed E-state index contributed by atoms with van der Waals surface area (Å²) < 4.78 is 6.12. The molecule has 5 heteroatoms. The molecular formula is C15H13BrO3S. The Morgan fingerprint density at radius 1 is 1.25 bits per heavy atom. The zero-order valence-corrected chi connectivity index (χ0v) is 13.2. The summed E-state index contributed by atoms with van der Waals surface area (Å²) in [5.41, 5.74) is 1.48. The molecule has 2 aromatic carbocycles. The largest absolute Gasteiger partial charge is 0.496 e. The number of carboxylic acids is 1. The molecule has 2 rings (SSSR count). The lowest BCUT2D eigenvalue weighted by Gasteiger charge is -2.06. The van der Waals surface area contributed by atoms with E-state index in [0.29, 0.717) is 5.56 Å². The van der Waals surface area contributed by atoms with Gasteiger partial charge in [0, 0.05) is 10.6 Å². The third kappa shape index (κ3) is 3.77. The summed E-state index contributed by atoms with van der Waals surface area (Å²) >= 11 is 5.12. The van der Waals surface area contributed by atoms with Crippen molar-refractivity contribution in [3.05, 3.63) is 58.1 Å². The first-order chi connectivity index (χ1) is 9.60. The van der Waals surface area contributed by atoms with E-state index < -0.39 is 5.97 Å². The molecule has 0 saturated heterocycles. The number of halogens is 1. The van der Waals surface area contributed by atoms with Gasteiger partial charge in [-0.05, 0) is 57.9 Å². The van der Waals surface area contributed by atoms with Gasteiger partial charge in [0.2, 0.25) is 0 Å². The molecule has 0 radical (unpaired) electrons. The number of aromatic carboxylic acids is 1. The second-order valence-corrected chi connectivity index (χ2v) is 5.99. The number of hydrogen-bond donors (Lipinski definition) is 1. The molecule has 0 aliphatic rings. The van der Waals surface area contributed by atoms with Crippen molar-refractivity contribution in [2.45, 2.75) is 10.6 Å². The van der Waals surface area contributed by atoms with E-state index in [4.69, 9.17) is 9.84 Å². The van der Waals surface area contributed by atoms with Crippen molar-refractivity contribution in [1.29, 1.82) is 0 Å². The van der Waals surface area contributed by atoms with E-state index in [1.165, 1.54) is 5.56 Å². The third-order valence-corrected chi connectivity index (χ3v) is 4.43. The van der Waals surface area contributed by atoms with Crippen LogP contribution in [0.1, 0.15) is 15.9 Å². The Morgan fingerprint density at radius 2 is 1.95 bits per heavy atom. The molecule has 0 aliphatic carbocycles. The number of ether oxygens (including phenoxy) is 1. The number of carboxylic acid groups (broad SMARTS) is 1. The van der Waals surface area contributed by atoms with E-state index >= 15 is 0 Å². The lowest BCUT2D eigenvalue weighted by molar-refractivity contribution is 0.0697. The quantitative estimate of drug-likeness (QED) is 0.807. The fourth-order valence-electron chi connectivity index (χ4n) is 1.66. The van der Waals surface area contributed by atoms with Gasteiger partial charge in [-0.15, -0.1) is 11.8 Å². The fourth-order valence-corrected chi connectivity index (χ4v) is 3.09. The van der Waals surface area contributed by atoms with Crippen molar-refractivity contribution < 1.29 is 14.6 Å². The third-order valence-electron chi connectivity index (χ3n) is 2.72. The zero-order chi connectivity index (χ0) is 14.5. The van der Waals surface area contributed by atoms with Crippen LogP contribution in [0.3, 0.4) is 0 Å². The summed E-state index contributed by atoms with van der Waals surface area (Å²) in [5.74, 6) is 0.722. The molecule has 0 amide bonds. The normalized spacial score (nSPS) is 10.3. The molecular weight excluding hydrogens is 340 g/mol. The minimum absolute atomic E-state index is 0.307. The number of carbonyl (C=O) groups is 1. The molecule has 2 aromatic rings. The first-order valence-electron chi connectivity index (χ1n) is 5.88. The topological polar surface area (TPSA) is 46.5 Å². The smallest absolute Gasteiger partial charge is 0.335 e. The fraction of sp³-hybridized carbons (Fsp3) is 0.133. The number of rotatable bonds is 5. The van der Waals surface area contributed by atoms with Gasteiger partial charge in [-0.3, -0.25) is 0 Å². The number of hydrogen-bond acceptors (Lipinski definition) is 3. The Hall–Kier alpha value is -1.46. The summed E-state index contributed by atoms with van der Waals surface area (Å²) in [5, 5.41) is 8.84. The molecule has 0 aromatic heterocycles. The monoisotopic (exact) mass is 352 g/mol. The van der Waals surface area contributed by atoms with Crippen LogP contribution >= 0.6 is 27.7 Å². The summed E-state index contributed by atoms with van der Waals surface area (Å²) in [4.78, 5) is 11.8. The van der Waals surface area contributed by atoms with E-state index in [9.17, 15) is 4.79 Å². The molecule has 0 heterocycles. The molecule has 0 saturated carbocycles. The Balaban J connectivity index is 2.01. The molecule has 0 fully saturated rings.